The van der Waals surface area contributed by atoms with Crippen LogP contribution in [-0.4, -0.2) is 16.7 Å². The monoisotopic (exact) mass is 546 g/mol. The van der Waals surface area contributed by atoms with Crippen molar-refractivity contribution < 1.29 is 0 Å². The number of nitrogens with one attached hydrogen (secondary N) is 1. The molecule has 0 fully saturated rings. The van der Waals surface area contributed by atoms with Gasteiger partial charge in [0.1, 0.15) is 5.82 Å². The molecule has 0 saturated carbocycles. The van der Waals surface area contributed by atoms with E-state index in [1.54, 1.807) is 0 Å². The van der Waals surface area contributed by atoms with Crippen LogP contribution in [0.15, 0.2) is 126 Å². The molecule has 184 valence electrons. The van der Waals surface area contributed by atoms with Gasteiger partial charge in [-0.1, -0.05) is 135 Å². The zero-order valence-electron chi connectivity index (χ0n) is 21.5. The van der Waals surface area contributed by atoms with Crippen molar-refractivity contribution in [3.63, 3.8) is 0 Å². The molecule has 1 aromatic heterocycles. The topological polar surface area (TPSA) is 28.7 Å². The van der Waals surface area contributed by atoms with Crippen LogP contribution in [-0.2, 0) is 6.42 Å². The van der Waals surface area contributed by atoms with Crippen LogP contribution >= 0.6 is 15.9 Å². The normalized spacial score (nSPS) is 10.4. The zero-order valence-corrected chi connectivity index (χ0v) is 23.1. The van der Waals surface area contributed by atoms with Gasteiger partial charge in [-0.05, 0) is 43.4 Å². The second-order valence-electron chi connectivity index (χ2n) is 9.20. The third kappa shape index (κ3) is 7.21. The maximum atomic E-state index is 4.44. The van der Waals surface area contributed by atoms with Gasteiger partial charge in [0, 0.05) is 10.9 Å². The molecule has 0 saturated heterocycles. The third-order valence-electron chi connectivity index (χ3n) is 6.53. The molecule has 0 bridgehead atoms. The molecule has 4 aromatic carbocycles. The fourth-order valence-corrected chi connectivity index (χ4v) is 4.82. The largest absolute Gasteiger partial charge is 0.342 e. The number of aromatic amines is 1. The van der Waals surface area contributed by atoms with Gasteiger partial charge in [-0.15, -0.1) is 6.58 Å². The van der Waals surface area contributed by atoms with Crippen LogP contribution in [0.2, 0.25) is 6.32 Å². The summed E-state index contributed by atoms with van der Waals surface area (Å²) >= 11 is 3.44. The number of hydrogen-bond donors (Lipinski definition) is 1. The predicted molar refractivity (Wildman–Crippen MR) is 163 cm³/mol. The number of aromatic nitrogens is 2. The fourth-order valence-electron chi connectivity index (χ4n) is 4.56. The van der Waals surface area contributed by atoms with E-state index in [0.29, 0.717) is 6.71 Å². The minimum Gasteiger partial charge on any atom is -0.342 e. The van der Waals surface area contributed by atoms with Crippen molar-refractivity contribution in [1.82, 2.24) is 9.97 Å². The number of rotatable bonds is 7. The molecule has 1 N–H and O–H groups in total. The van der Waals surface area contributed by atoms with Crippen molar-refractivity contribution in [1.29, 1.82) is 0 Å². The Hall–Kier alpha value is -3.63. The van der Waals surface area contributed by atoms with Crippen molar-refractivity contribution in [2.24, 2.45) is 0 Å². The van der Waals surface area contributed by atoms with E-state index in [1.807, 2.05) is 30.5 Å². The van der Waals surface area contributed by atoms with Gasteiger partial charge in [0.15, 0.2) is 0 Å². The molecule has 5 aromatic rings. The molecular formula is C33H32BBrN2. The number of hydrogen-bond acceptors (Lipinski definition) is 1. The van der Waals surface area contributed by atoms with E-state index in [-0.39, 0.29) is 0 Å². The van der Waals surface area contributed by atoms with Crippen molar-refractivity contribution >= 4 is 33.6 Å². The molecule has 2 nitrogen and oxygen atoms in total. The highest BCUT2D eigenvalue weighted by Crippen LogP contribution is 2.18. The Morgan fingerprint density at radius 2 is 1.35 bits per heavy atom. The first kappa shape index (κ1) is 26.4. The maximum Gasteiger partial charge on any atom is 0.213 e. The van der Waals surface area contributed by atoms with Crippen LogP contribution in [0, 0.1) is 13.8 Å². The lowest BCUT2D eigenvalue weighted by Gasteiger charge is -2.17. The van der Waals surface area contributed by atoms with Gasteiger partial charge < -0.3 is 4.98 Å². The summed E-state index contributed by atoms with van der Waals surface area (Å²) in [6.07, 6.45) is 5.71. The Labute approximate surface area is 229 Å². The number of nitrogens with zero attached hydrogens (tertiary/aromatic N) is 1. The number of halogens is 1. The van der Waals surface area contributed by atoms with E-state index in [9.17, 15) is 0 Å². The van der Waals surface area contributed by atoms with E-state index >= 15 is 0 Å². The summed E-state index contributed by atoms with van der Waals surface area (Å²) in [5.41, 5.74) is 9.00. The molecular weight excluding hydrogens is 515 g/mol. The zero-order chi connectivity index (χ0) is 26.0. The Morgan fingerprint density at radius 3 is 1.92 bits per heavy atom. The van der Waals surface area contributed by atoms with Crippen molar-refractivity contribution in [3.05, 3.63) is 149 Å². The third-order valence-corrected chi connectivity index (χ3v) is 7.06. The van der Waals surface area contributed by atoms with Crippen LogP contribution in [0.5, 0.6) is 0 Å². The van der Waals surface area contributed by atoms with Crippen LogP contribution < -0.4 is 10.9 Å². The van der Waals surface area contributed by atoms with Gasteiger partial charge in [0.05, 0.1) is 11.9 Å². The summed E-state index contributed by atoms with van der Waals surface area (Å²) < 4.78 is 1.10. The molecule has 0 aliphatic heterocycles. The summed E-state index contributed by atoms with van der Waals surface area (Å²) in [5, 5.41) is 0. The first-order valence-electron chi connectivity index (χ1n) is 12.6. The lowest BCUT2D eigenvalue weighted by atomic mass is 9.37. The summed E-state index contributed by atoms with van der Waals surface area (Å²) in [6, 6.07) is 35.8. The van der Waals surface area contributed by atoms with E-state index in [4.69, 9.17) is 0 Å². The second kappa shape index (κ2) is 13.1. The molecule has 0 amide bonds. The molecule has 0 aliphatic carbocycles. The summed E-state index contributed by atoms with van der Waals surface area (Å²) in [4.78, 5) is 7.81. The van der Waals surface area contributed by atoms with Gasteiger partial charge in [-0.25, -0.2) is 4.98 Å². The predicted octanol–water partition coefficient (Wildman–Crippen LogP) is 7.53. The SMILES string of the molecule is Brc1ccc(Cc2ncc(-c3ccccc3)[nH]2)cc1.C=CCB(c1ccccc1C)c1ccccc1C. The summed E-state index contributed by atoms with van der Waals surface area (Å²) in [7, 11) is 0. The Bertz CT molecular complexity index is 1380. The van der Waals surface area contributed by atoms with Crippen LogP contribution in [0.4, 0.5) is 0 Å². The molecule has 37 heavy (non-hydrogen) atoms. The number of aryl methyl sites for hydroxylation is 2. The summed E-state index contributed by atoms with van der Waals surface area (Å²) in [5.74, 6) is 0.987. The fraction of sp³-hybridized carbons (Fsp3) is 0.121. The van der Waals surface area contributed by atoms with Gasteiger partial charge in [0.25, 0.3) is 0 Å². The molecule has 0 aliphatic rings. The second-order valence-corrected chi connectivity index (χ2v) is 10.1. The van der Waals surface area contributed by atoms with Crippen molar-refractivity contribution in [3.8, 4) is 11.3 Å². The van der Waals surface area contributed by atoms with Crippen molar-refractivity contribution in [2.75, 3.05) is 0 Å². The standard InChI is InChI=1S/C17H19B.C16H13BrN2/c1-4-13-18(16-11-7-5-9-14(16)2)17-12-8-6-10-15(17)3;17-14-8-6-12(7-9-14)10-16-18-11-15(19-16)13-4-2-1-3-5-13/h4-12H,1,13H2,2-3H3;1-9,11H,10H2,(H,18,19). The van der Waals surface area contributed by atoms with E-state index in [2.05, 4.69) is 131 Å². The number of H-pyrrole nitrogens is 1. The Balaban J connectivity index is 0.000000173. The average Bonchev–Trinajstić information content (AvgIpc) is 3.39. The minimum atomic E-state index is 0.421. The van der Waals surface area contributed by atoms with Crippen LogP contribution in [0.3, 0.4) is 0 Å². The molecule has 0 atom stereocenters. The molecule has 0 spiro atoms. The molecule has 5 rings (SSSR count). The molecule has 4 heteroatoms. The highest BCUT2D eigenvalue weighted by molar-refractivity contribution is 9.10. The average molecular weight is 547 g/mol. The van der Waals surface area contributed by atoms with Crippen molar-refractivity contribution in [2.45, 2.75) is 26.6 Å². The number of imidazole rings is 1. The van der Waals surface area contributed by atoms with E-state index in [0.717, 1.165) is 34.3 Å². The first-order chi connectivity index (χ1) is 18.0. The highest BCUT2D eigenvalue weighted by Gasteiger charge is 2.20. The van der Waals surface area contributed by atoms with Gasteiger partial charge in [-0.2, -0.15) is 0 Å². The van der Waals surface area contributed by atoms with Gasteiger partial charge in [0.2, 0.25) is 6.71 Å². The van der Waals surface area contributed by atoms with Gasteiger partial charge in [-0.3, -0.25) is 0 Å². The Kier molecular flexibility index (Phi) is 9.34. The number of allylic oxidation sites excluding steroid dienone is 1. The lowest BCUT2D eigenvalue weighted by Crippen LogP contribution is -2.44. The smallest absolute Gasteiger partial charge is 0.213 e. The van der Waals surface area contributed by atoms with Gasteiger partial charge >= 0.3 is 0 Å². The Morgan fingerprint density at radius 1 is 0.784 bits per heavy atom. The molecule has 1 heterocycles. The minimum absolute atomic E-state index is 0.421. The lowest BCUT2D eigenvalue weighted by molar-refractivity contribution is 1.03. The quantitative estimate of drug-likeness (QED) is 0.166. The maximum absolute atomic E-state index is 4.44. The summed E-state index contributed by atoms with van der Waals surface area (Å²) in [6.45, 7) is 8.70. The number of benzene rings is 4. The molecule has 0 radical (unpaired) electrons. The van der Waals surface area contributed by atoms with E-state index < -0.39 is 0 Å². The first-order valence-corrected chi connectivity index (χ1v) is 13.4. The van der Waals surface area contributed by atoms with Crippen LogP contribution in [0.25, 0.3) is 11.3 Å². The molecule has 0 unspecified atom stereocenters. The van der Waals surface area contributed by atoms with E-state index in [1.165, 1.54) is 27.6 Å². The van der Waals surface area contributed by atoms with Crippen LogP contribution in [0.1, 0.15) is 22.5 Å². The highest BCUT2D eigenvalue weighted by atomic mass is 79.9.